The molecule has 0 unspecified atom stereocenters. The van der Waals surface area contributed by atoms with Crippen molar-refractivity contribution in [3.63, 3.8) is 0 Å². The summed E-state index contributed by atoms with van der Waals surface area (Å²) in [7, 11) is 0. The maximum absolute atomic E-state index is 12.2. The molecule has 0 fully saturated rings. The highest BCUT2D eigenvalue weighted by molar-refractivity contribution is 5.99. The summed E-state index contributed by atoms with van der Waals surface area (Å²) in [6.45, 7) is 6.56. The fourth-order valence-corrected chi connectivity index (χ4v) is 2.49. The Bertz CT molecular complexity index is 734. The van der Waals surface area contributed by atoms with Gasteiger partial charge in [0.05, 0.1) is 13.2 Å². The van der Waals surface area contributed by atoms with Crippen molar-refractivity contribution in [1.82, 2.24) is 5.32 Å². The summed E-state index contributed by atoms with van der Waals surface area (Å²) in [5, 5.41) is 5.49. The Morgan fingerprint density at radius 1 is 1.00 bits per heavy atom. The molecule has 0 saturated carbocycles. The van der Waals surface area contributed by atoms with Crippen LogP contribution in [0.15, 0.2) is 42.5 Å². The third-order valence-electron chi connectivity index (χ3n) is 4.04. The second-order valence-electron chi connectivity index (χ2n) is 6.22. The lowest BCUT2D eigenvalue weighted by Gasteiger charge is -2.12. The average Bonchev–Trinajstić information content (AvgIpc) is 2.64. The SMILES string of the molecule is CCCCOc1ccc(C(=O)NCC(=O)Nc2c(C)cccc2C)cc1. The van der Waals surface area contributed by atoms with E-state index in [9.17, 15) is 9.59 Å². The van der Waals surface area contributed by atoms with Gasteiger partial charge in [0.25, 0.3) is 5.91 Å². The molecule has 0 aliphatic rings. The molecule has 0 bridgehead atoms. The largest absolute Gasteiger partial charge is 0.494 e. The first-order valence-corrected chi connectivity index (χ1v) is 8.88. The molecule has 0 aliphatic carbocycles. The van der Waals surface area contributed by atoms with Crippen LogP contribution in [0.2, 0.25) is 0 Å². The highest BCUT2D eigenvalue weighted by Gasteiger charge is 2.10. The Morgan fingerprint density at radius 3 is 2.27 bits per heavy atom. The first-order valence-electron chi connectivity index (χ1n) is 8.88. The minimum absolute atomic E-state index is 0.0820. The van der Waals surface area contributed by atoms with E-state index in [4.69, 9.17) is 4.74 Å². The van der Waals surface area contributed by atoms with E-state index in [0.29, 0.717) is 12.2 Å². The number of hydrogen-bond donors (Lipinski definition) is 2. The lowest BCUT2D eigenvalue weighted by molar-refractivity contribution is -0.115. The van der Waals surface area contributed by atoms with Crippen molar-refractivity contribution < 1.29 is 14.3 Å². The van der Waals surface area contributed by atoms with Crippen LogP contribution in [0.5, 0.6) is 5.75 Å². The van der Waals surface area contributed by atoms with Crippen molar-refractivity contribution in [3.8, 4) is 5.75 Å². The van der Waals surface area contributed by atoms with E-state index in [-0.39, 0.29) is 18.4 Å². The molecule has 0 aliphatic heterocycles. The van der Waals surface area contributed by atoms with E-state index in [0.717, 1.165) is 35.4 Å². The van der Waals surface area contributed by atoms with Gasteiger partial charge in [0.2, 0.25) is 5.91 Å². The van der Waals surface area contributed by atoms with Gasteiger partial charge >= 0.3 is 0 Å². The molecule has 0 heterocycles. The van der Waals surface area contributed by atoms with Crippen LogP contribution in [-0.2, 0) is 4.79 Å². The summed E-state index contributed by atoms with van der Waals surface area (Å²) in [4.78, 5) is 24.3. The number of nitrogens with one attached hydrogen (secondary N) is 2. The van der Waals surface area contributed by atoms with Crippen LogP contribution in [0.3, 0.4) is 0 Å². The number of benzene rings is 2. The molecule has 2 N–H and O–H groups in total. The first-order chi connectivity index (χ1) is 12.5. The minimum Gasteiger partial charge on any atom is -0.494 e. The molecule has 5 nitrogen and oxygen atoms in total. The molecule has 2 aromatic rings. The highest BCUT2D eigenvalue weighted by atomic mass is 16.5. The van der Waals surface area contributed by atoms with Gasteiger partial charge in [0.1, 0.15) is 5.75 Å². The zero-order valence-corrected chi connectivity index (χ0v) is 15.6. The van der Waals surface area contributed by atoms with Crippen molar-refractivity contribution in [3.05, 3.63) is 59.2 Å². The van der Waals surface area contributed by atoms with Crippen LogP contribution >= 0.6 is 0 Å². The molecule has 0 radical (unpaired) electrons. The number of aryl methyl sites for hydroxylation is 2. The van der Waals surface area contributed by atoms with Gasteiger partial charge in [0, 0.05) is 11.3 Å². The number of ether oxygens (including phenoxy) is 1. The Labute approximate surface area is 154 Å². The zero-order valence-electron chi connectivity index (χ0n) is 15.6. The maximum Gasteiger partial charge on any atom is 0.251 e. The Balaban J connectivity index is 1.85. The standard InChI is InChI=1S/C21H26N2O3/c1-4-5-13-26-18-11-9-17(10-12-18)21(25)22-14-19(24)23-20-15(2)7-6-8-16(20)3/h6-12H,4-5,13-14H2,1-3H3,(H,22,25)(H,23,24). The minimum atomic E-state index is -0.290. The van der Waals surface area contributed by atoms with Crippen molar-refractivity contribution in [2.24, 2.45) is 0 Å². The number of carbonyl (C=O) groups is 2. The predicted molar refractivity (Wildman–Crippen MR) is 104 cm³/mol. The van der Waals surface area contributed by atoms with Gasteiger partial charge in [-0.3, -0.25) is 9.59 Å². The van der Waals surface area contributed by atoms with E-state index in [1.165, 1.54) is 0 Å². The molecular weight excluding hydrogens is 328 g/mol. The van der Waals surface area contributed by atoms with Crippen molar-refractivity contribution in [2.45, 2.75) is 33.6 Å². The van der Waals surface area contributed by atoms with Gasteiger partial charge in [-0.25, -0.2) is 0 Å². The molecule has 2 amide bonds. The summed E-state index contributed by atoms with van der Waals surface area (Å²) in [6.07, 6.45) is 2.07. The van der Waals surface area contributed by atoms with E-state index in [2.05, 4.69) is 17.6 Å². The van der Waals surface area contributed by atoms with Crippen molar-refractivity contribution in [1.29, 1.82) is 0 Å². The number of unbranched alkanes of at least 4 members (excludes halogenated alkanes) is 1. The van der Waals surface area contributed by atoms with E-state index < -0.39 is 0 Å². The maximum atomic E-state index is 12.2. The lowest BCUT2D eigenvalue weighted by atomic mass is 10.1. The van der Waals surface area contributed by atoms with Crippen molar-refractivity contribution >= 4 is 17.5 Å². The average molecular weight is 354 g/mol. The van der Waals surface area contributed by atoms with Gasteiger partial charge in [-0.05, 0) is 55.7 Å². The van der Waals surface area contributed by atoms with Crippen LogP contribution in [0.4, 0.5) is 5.69 Å². The molecular formula is C21H26N2O3. The van der Waals surface area contributed by atoms with E-state index in [1.54, 1.807) is 24.3 Å². The van der Waals surface area contributed by atoms with E-state index >= 15 is 0 Å². The van der Waals surface area contributed by atoms with Crippen LogP contribution in [0.1, 0.15) is 41.3 Å². The monoisotopic (exact) mass is 354 g/mol. The number of para-hydroxylation sites is 1. The second kappa shape index (κ2) is 9.61. The van der Waals surface area contributed by atoms with Gasteiger partial charge < -0.3 is 15.4 Å². The molecule has 138 valence electrons. The number of hydrogen-bond acceptors (Lipinski definition) is 3. The summed E-state index contributed by atoms with van der Waals surface area (Å²) in [5.41, 5.74) is 3.26. The molecule has 0 atom stereocenters. The van der Waals surface area contributed by atoms with Crippen molar-refractivity contribution in [2.75, 3.05) is 18.5 Å². The van der Waals surface area contributed by atoms with Gasteiger partial charge in [-0.15, -0.1) is 0 Å². The van der Waals surface area contributed by atoms with Crippen LogP contribution in [0.25, 0.3) is 0 Å². The number of rotatable bonds is 8. The van der Waals surface area contributed by atoms with Crippen LogP contribution < -0.4 is 15.4 Å². The normalized spacial score (nSPS) is 10.3. The fraction of sp³-hybridized carbons (Fsp3) is 0.333. The van der Waals surface area contributed by atoms with Crippen LogP contribution in [0, 0.1) is 13.8 Å². The summed E-state index contributed by atoms with van der Waals surface area (Å²) < 4.78 is 5.57. The third kappa shape index (κ3) is 5.62. The fourth-order valence-electron chi connectivity index (χ4n) is 2.49. The third-order valence-corrected chi connectivity index (χ3v) is 4.04. The van der Waals surface area contributed by atoms with E-state index in [1.807, 2.05) is 32.0 Å². The van der Waals surface area contributed by atoms with Gasteiger partial charge in [0.15, 0.2) is 0 Å². The molecule has 0 spiro atoms. The predicted octanol–water partition coefficient (Wildman–Crippen LogP) is 3.85. The summed E-state index contributed by atoms with van der Waals surface area (Å²) >= 11 is 0. The van der Waals surface area contributed by atoms with Gasteiger partial charge in [-0.2, -0.15) is 0 Å². The topological polar surface area (TPSA) is 67.4 Å². The molecule has 2 aromatic carbocycles. The summed E-state index contributed by atoms with van der Waals surface area (Å²) in [5.74, 6) is 0.194. The van der Waals surface area contributed by atoms with Crippen LogP contribution in [-0.4, -0.2) is 25.0 Å². The smallest absolute Gasteiger partial charge is 0.251 e. The molecule has 2 rings (SSSR count). The Hall–Kier alpha value is -2.82. The molecule has 0 aromatic heterocycles. The first kappa shape index (κ1) is 19.5. The zero-order chi connectivity index (χ0) is 18.9. The number of anilines is 1. The quantitative estimate of drug-likeness (QED) is 0.708. The lowest BCUT2D eigenvalue weighted by Crippen LogP contribution is -2.33. The second-order valence-corrected chi connectivity index (χ2v) is 6.22. The van der Waals surface area contributed by atoms with Gasteiger partial charge in [-0.1, -0.05) is 31.5 Å². The molecule has 5 heteroatoms. The number of amides is 2. The highest BCUT2D eigenvalue weighted by Crippen LogP contribution is 2.19. The Kier molecular flexibility index (Phi) is 7.21. The number of carbonyl (C=O) groups excluding carboxylic acids is 2. The molecule has 0 saturated heterocycles. The Morgan fingerprint density at radius 2 is 1.65 bits per heavy atom. The molecule has 26 heavy (non-hydrogen) atoms. The summed E-state index contributed by atoms with van der Waals surface area (Å²) in [6, 6.07) is 12.7.